The van der Waals surface area contributed by atoms with E-state index in [0.717, 1.165) is 24.3 Å². The number of amides is 1. The van der Waals surface area contributed by atoms with Gasteiger partial charge in [0.05, 0.1) is 11.8 Å². The summed E-state index contributed by atoms with van der Waals surface area (Å²) in [6.07, 6.45) is -2.42. The van der Waals surface area contributed by atoms with Gasteiger partial charge in [0.1, 0.15) is 0 Å². The normalized spacial score (nSPS) is 20.5. The molecule has 0 saturated heterocycles. The van der Waals surface area contributed by atoms with Crippen molar-refractivity contribution in [2.24, 2.45) is 0 Å². The number of carbonyl (C=O) groups is 1. The molecule has 1 heterocycles. The van der Waals surface area contributed by atoms with E-state index < -0.39 is 23.4 Å². The van der Waals surface area contributed by atoms with Crippen LogP contribution in [0.4, 0.5) is 13.2 Å². The van der Waals surface area contributed by atoms with E-state index in [9.17, 15) is 18.0 Å². The maximum Gasteiger partial charge on any atom is 0.450 e. The van der Waals surface area contributed by atoms with Crippen LogP contribution >= 0.6 is 23.2 Å². The molecule has 2 aromatic rings. The number of nitrogens with one attached hydrogen (secondary N) is 1. The lowest BCUT2D eigenvalue weighted by atomic mass is 9.75. The van der Waals surface area contributed by atoms with Gasteiger partial charge in [0.2, 0.25) is 5.76 Å². The first-order chi connectivity index (χ1) is 11.3. The summed E-state index contributed by atoms with van der Waals surface area (Å²) >= 11 is 12.0. The van der Waals surface area contributed by atoms with Crippen LogP contribution in [0.1, 0.15) is 40.4 Å². The van der Waals surface area contributed by atoms with Crippen LogP contribution in [-0.2, 0) is 6.18 Å². The number of alkyl halides is 3. The highest BCUT2D eigenvalue weighted by Crippen LogP contribution is 2.41. The van der Waals surface area contributed by atoms with Crippen LogP contribution in [0.25, 0.3) is 0 Å². The third kappa shape index (κ3) is 3.26. The van der Waals surface area contributed by atoms with Crippen LogP contribution < -0.4 is 5.32 Å². The number of carbonyl (C=O) groups excluding carboxylic acids is 1. The Morgan fingerprint density at radius 1 is 1.21 bits per heavy atom. The molecule has 0 aliphatic heterocycles. The molecule has 128 valence electrons. The Hall–Kier alpha value is -1.66. The van der Waals surface area contributed by atoms with Gasteiger partial charge in [-0.2, -0.15) is 13.2 Å². The standard InChI is InChI=1S/C16H12Cl2F3NO2/c17-8-1-2-9(12(18)7-8)10-3-4-13(10)22-15(23)11-5-6-24-14(11)16(19,20)21/h1-2,5-7,10,13H,3-4H2,(H,22,23)/t10-,13-/m0/s1. The van der Waals surface area contributed by atoms with Gasteiger partial charge in [0, 0.05) is 22.0 Å². The van der Waals surface area contributed by atoms with Gasteiger partial charge in [0.15, 0.2) is 0 Å². The van der Waals surface area contributed by atoms with Gasteiger partial charge in [-0.3, -0.25) is 4.79 Å². The maximum absolute atomic E-state index is 12.8. The number of halogens is 5. The summed E-state index contributed by atoms with van der Waals surface area (Å²) in [5.74, 6) is -2.16. The van der Waals surface area contributed by atoms with Gasteiger partial charge in [0.25, 0.3) is 5.91 Å². The lowest BCUT2D eigenvalue weighted by Gasteiger charge is -2.38. The summed E-state index contributed by atoms with van der Waals surface area (Å²) in [5.41, 5.74) is 0.302. The molecule has 1 amide bonds. The Balaban J connectivity index is 1.75. The molecule has 3 rings (SSSR count). The zero-order valence-electron chi connectivity index (χ0n) is 12.2. The van der Waals surface area contributed by atoms with E-state index in [4.69, 9.17) is 23.2 Å². The van der Waals surface area contributed by atoms with Crippen molar-refractivity contribution in [2.75, 3.05) is 0 Å². The largest absolute Gasteiger partial charge is 0.459 e. The first-order valence-corrected chi connectivity index (χ1v) is 7.93. The predicted octanol–water partition coefficient (Wildman–Crippen LogP) is 5.28. The Bertz CT molecular complexity index is 773. The number of furan rings is 1. The predicted molar refractivity (Wildman–Crippen MR) is 83.4 cm³/mol. The van der Waals surface area contributed by atoms with Crippen LogP contribution in [0.15, 0.2) is 34.9 Å². The first-order valence-electron chi connectivity index (χ1n) is 7.18. The third-order valence-electron chi connectivity index (χ3n) is 4.12. The molecule has 0 spiro atoms. The van der Waals surface area contributed by atoms with E-state index in [1.807, 2.05) is 0 Å². The molecule has 1 aromatic heterocycles. The molecule has 1 saturated carbocycles. The molecule has 0 unspecified atom stereocenters. The van der Waals surface area contributed by atoms with E-state index in [1.165, 1.54) is 0 Å². The molecule has 1 aliphatic carbocycles. The highest BCUT2D eigenvalue weighted by molar-refractivity contribution is 6.35. The average molecular weight is 378 g/mol. The van der Waals surface area contributed by atoms with Crippen molar-refractivity contribution in [3.63, 3.8) is 0 Å². The average Bonchev–Trinajstić information content (AvgIpc) is 2.96. The summed E-state index contributed by atoms with van der Waals surface area (Å²) in [5, 5.41) is 3.61. The molecule has 1 fully saturated rings. The number of benzene rings is 1. The SMILES string of the molecule is O=C(N[C@H]1CC[C@H]1c1ccc(Cl)cc1Cl)c1ccoc1C(F)(F)F. The van der Waals surface area contributed by atoms with Crippen molar-refractivity contribution in [1.29, 1.82) is 0 Å². The quantitative estimate of drug-likeness (QED) is 0.790. The molecule has 0 radical (unpaired) electrons. The molecular formula is C16H12Cl2F3NO2. The van der Waals surface area contributed by atoms with Crippen molar-refractivity contribution in [1.82, 2.24) is 5.32 Å². The van der Waals surface area contributed by atoms with Gasteiger partial charge in [-0.15, -0.1) is 0 Å². The highest BCUT2D eigenvalue weighted by Gasteiger charge is 2.41. The lowest BCUT2D eigenvalue weighted by Crippen LogP contribution is -2.45. The van der Waals surface area contributed by atoms with Crippen molar-refractivity contribution < 1.29 is 22.4 Å². The van der Waals surface area contributed by atoms with Crippen LogP contribution in [-0.4, -0.2) is 11.9 Å². The smallest absolute Gasteiger partial charge is 0.450 e. The Morgan fingerprint density at radius 3 is 2.54 bits per heavy atom. The summed E-state index contributed by atoms with van der Waals surface area (Å²) in [4.78, 5) is 12.2. The molecule has 1 aliphatic rings. The Labute approximate surface area is 145 Å². The second kappa shape index (κ2) is 6.33. The van der Waals surface area contributed by atoms with Crippen molar-refractivity contribution in [3.05, 3.63) is 57.5 Å². The topological polar surface area (TPSA) is 42.2 Å². The van der Waals surface area contributed by atoms with Crippen molar-refractivity contribution in [3.8, 4) is 0 Å². The molecule has 8 heteroatoms. The zero-order chi connectivity index (χ0) is 17.5. The fraction of sp³-hybridized carbons (Fsp3) is 0.312. The van der Waals surface area contributed by atoms with Gasteiger partial charge in [-0.1, -0.05) is 29.3 Å². The summed E-state index contributed by atoms with van der Waals surface area (Å²) in [7, 11) is 0. The summed E-state index contributed by atoms with van der Waals surface area (Å²) in [6, 6.07) is 5.80. The van der Waals surface area contributed by atoms with E-state index in [-0.39, 0.29) is 12.0 Å². The summed E-state index contributed by atoms with van der Waals surface area (Å²) in [6.45, 7) is 0. The lowest BCUT2D eigenvalue weighted by molar-refractivity contribution is -0.153. The van der Waals surface area contributed by atoms with Gasteiger partial charge < -0.3 is 9.73 Å². The number of hydrogen-bond donors (Lipinski definition) is 1. The zero-order valence-corrected chi connectivity index (χ0v) is 13.7. The molecule has 24 heavy (non-hydrogen) atoms. The van der Waals surface area contributed by atoms with Crippen molar-refractivity contribution >= 4 is 29.1 Å². The van der Waals surface area contributed by atoms with E-state index in [0.29, 0.717) is 16.5 Å². The maximum atomic E-state index is 12.8. The van der Waals surface area contributed by atoms with Crippen LogP contribution in [0, 0.1) is 0 Å². The molecule has 1 N–H and O–H groups in total. The minimum Gasteiger partial charge on any atom is -0.459 e. The Morgan fingerprint density at radius 2 is 1.96 bits per heavy atom. The van der Waals surface area contributed by atoms with E-state index >= 15 is 0 Å². The first kappa shape index (κ1) is 17.2. The molecule has 0 bridgehead atoms. The van der Waals surface area contributed by atoms with Crippen LogP contribution in [0.3, 0.4) is 0 Å². The van der Waals surface area contributed by atoms with E-state index in [2.05, 4.69) is 9.73 Å². The van der Waals surface area contributed by atoms with Gasteiger partial charge in [-0.05, 0) is 36.6 Å². The van der Waals surface area contributed by atoms with Gasteiger partial charge in [-0.25, -0.2) is 0 Å². The second-order valence-electron chi connectivity index (χ2n) is 5.59. The minimum absolute atomic E-state index is 0.0556. The third-order valence-corrected chi connectivity index (χ3v) is 4.68. The van der Waals surface area contributed by atoms with Crippen LogP contribution in [0.2, 0.25) is 10.0 Å². The van der Waals surface area contributed by atoms with Crippen molar-refractivity contribution in [2.45, 2.75) is 31.0 Å². The number of hydrogen-bond acceptors (Lipinski definition) is 2. The molecular weight excluding hydrogens is 366 g/mol. The molecule has 1 aromatic carbocycles. The van der Waals surface area contributed by atoms with E-state index in [1.54, 1.807) is 18.2 Å². The Kier molecular flexibility index (Phi) is 4.53. The molecule has 2 atom stereocenters. The highest BCUT2D eigenvalue weighted by atomic mass is 35.5. The minimum atomic E-state index is -4.71. The number of rotatable bonds is 3. The second-order valence-corrected chi connectivity index (χ2v) is 6.43. The molecule has 3 nitrogen and oxygen atoms in total. The summed E-state index contributed by atoms with van der Waals surface area (Å²) < 4.78 is 42.8. The van der Waals surface area contributed by atoms with Gasteiger partial charge >= 0.3 is 6.18 Å². The monoisotopic (exact) mass is 377 g/mol. The fourth-order valence-corrected chi connectivity index (χ4v) is 3.35. The fourth-order valence-electron chi connectivity index (χ4n) is 2.80. The van der Waals surface area contributed by atoms with Crippen LogP contribution in [0.5, 0.6) is 0 Å².